The molecule has 0 bridgehead atoms. The van der Waals surface area contributed by atoms with E-state index in [-0.39, 0.29) is 0 Å². The van der Waals surface area contributed by atoms with Crippen molar-refractivity contribution >= 4 is 27.4 Å². The topological polar surface area (TPSA) is 37.8 Å². The molecule has 3 aromatic rings. The molecule has 0 radical (unpaired) electrons. The average Bonchev–Trinajstić information content (AvgIpc) is 2.81. The quantitative estimate of drug-likeness (QED) is 0.715. The van der Waals surface area contributed by atoms with Gasteiger partial charge >= 0.3 is 0 Å². The predicted octanol–water partition coefficient (Wildman–Crippen LogP) is 3.54. The molecule has 2 heterocycles. The van der Waals surface area contributed by atoms with Gasteiger partial charge in [0.25, 0.3) is 0 Å². The number of rotatable bonds is 2. The summed E-state index contributed by atoms with van der Waals surface area (Å²) >= 11 is 1.40. The molecule has 0 spiro atoms. The Morgan fingerprint density at radius 1 is 1.06 bits per heavy atom. The van der Waals surface area contributed by atoms with E-state index in [1.54, 1.807) is 6.07 Å². The van der Waals surface area contributed by atoms with Crippen LogP contribution in [0.2, 0.25) is 0 Å². The van der Waals surface area contributed by atoms with Gasteiger partial charge in [0, 0.05) is 18.3 Å². The lowest BCUT2D eigenvalue weighted by Crippen LogP contribution is -1.86. The van der Waals surface area contributed by atoms with Crippen molar-refractivity contribution in [3.8, 4) is 10.6 Å². The van der Waals surface area contributed by atoms with Crippen molar-refractivity contribution in [2.24, 2.45) is 0 Å². The van der Waals surface area contributed by atoms with Gasteiger partial charge in [-0.05, 0) is 36.4 Å². The molecule has 0 saturated carbocycles. The molecule has 0 aliphatic carbocycles. The first-order chi connectivity index (χ1) is 8.76. The lowest BCUT2D eigenvalue weighted by Gasteiger charge is -2.00. The highest BCUT2D eigenvalue weighted by atomic mass is 32.1. The Morgan fingerprint density at radius 2 is 1.83 bits per heavy atom. The van der Waals surface area contributed by atoms with Gasteiger partial charge in [-0.3, -0.25) is 0 Å². The Labute approximate surface area is 107 Å². The zero-order chi connectivity index (χ0) is 12.5. The summed E-state index contributed by atoms with van der Waals surface area (Å²) in [5, 5.41) is 3.91. The molecule has 90 valence electrons. The second-order valence-electron chi connectivity index (χ2n) is 3.80. The highest BCUT2D eigenvalue weighted by Crippen LogP contribution is 2.29. The summed E-state index contributed by atoms with van der Waals surface area (Å²) in [4.78, 5) is 8.91. The molecule has 0 aliphatic heterocycles. The fourth-order valence-corrected chi connectivity index (χ4v) is 2.63. The van der Waals surface area contributed by atoms with Crippen molar-refractivity contribution in [3.05, 3.63) is 42.3 Å². The van der Waals surface area contributed by atoms with Gasteiger partial charge in [0.15, 0.2) is 0 Å². The number of anilines is 1. The molecule has 1 N–H and O–H groups in total. The SMILES string of the molecule is CNc1ccc(-c2nc3ccc(F)nc3s2)cc1. The molecular formula is C13H10FN3S. The highest BCUT2D eigenvalue weighted by Gasteiger charge is 2.07. The number of nitrogens with one attached hydrogen (secondary N) is 1. The van der Waals surface area contributed by atoms with Crippen LogP contribution in [-0.2, 0) is 0 Å². The Balaban J connectivity index is 2.07. The standard InChI is InChI=1S/C13H10FN3S/c1-15-9-4-2-8(3-5-9)12-16-10-6-7-11(14)17-13(10)18-12/h2-7,15H,1H3. The van der Waals surface area contributed by atoms with E-state index in [1.165, 1.54) is 17.4 Å². The van der Waals surface area contributed by atoms with Crippen LogP contribution >= 0.6 is 11.3 Å². The predicted molar refractivity (Wildman–Crippen MR) is 72.4 cm³/mol. The fourth-order valence-electron chi connectivity index (χ4n) is 1.70. The van der Waals surface area contributed by atoms with E-state index in [1.807, 2.05) is 31.3 Å². The van der Waals surface area contributed by atoms with Gasteiger partial charge in [0.1, 0.15) is 15.4 Å². The Hall–Kier alpha value is -2.01. The van der Waals surface area contributed by atoms with Gasteiger partial charge in [-0.2, -0.15) is 4.39 Å². The minimum atomic E-state index is -0.469. The number of pyridine rings is 1. The number of nitrogens with zero attached hydrogens (tertiary/aromatic N) is 2. The maximum atomic E-state index is 13.0. The summed E-state index contributed by atoms with van der Waals surface area (Å²) in [7, 11) is 1.87. The molecule has 1 aromatic carbocycles. The summed E-state index contributed by atoms with van der Waals surface area (Å²) in [5.74, 6) is -0.469. The number of hydrogen-bond acceptors (Lipinski definition) is 4. The molecule has 18 heavy (non-hydrogen) atoms. The zero-order valence-electron chi connectivity index (χ0n) is 9.64. The molecular weight excluding hydrogens is 249 g/mol. The lowest BCUT2D eigenvalue weighted by molar-refractivity contribution is 0.589. The first-order valence-electron chi connectivity index (χ1n) is 5.47. The summed E-state index contributed by atoms with van der Waals surface area (Å²) in [6, 6.07) is 10.9. The van der Waals surface area contributed by atoms with Crippen LogP contribution in [0, 0.1) is 5.95 Å². The van der Waals surface area contributed by atoms with Crippen molar-refractivity contribution in [2.75, 3.05) is 12.4 Å². The van der Waals surface area contributed by atoms with Crippen LogP contribution < -0.4 is 5.32 Å². The van der Waals surface area contributed by atoms with E-state index >= 15 is 0 Å². The summed E-state index contributed by atoms with van der Waals surface area (Å²) in [5.41, 5.74) is 2.79. The first kappa shape index (κ1) is 11.1. The molecule has 0 fully saturated rings. The smallest absolute Gasteiger partial charge is 0.214 e. The zero-order valence-corrected chi connectivity index (χ0v) is 10.5. The van der Waals surface area contributed by atoms with Crippen LogP contribution in [0.4, 0.5) is 10.1 Å². The minimum absolute atomic E-state index is 0.469. The third kappa shape index (κ3) is 1.93. The van der Waals surface area contributed by atoms with Crippen LogP contribution in [0.1, 0.15) is 0 Å². The number of thiazole rings is 1. The molecule has 2 aromatic heterocycles. The summed E-state index contributed by atoms with van der Waals surface area (Å²) in [6.45, 7) is 0. The van der Waals surface area contributed by atoms with E-state index in [0.717, 1.165) is 21.8 Å². The normalized spacial score (nSPS) is 10.8. The van der Waals surface area contributed by atoms with Crippen molar-refractivity contribution in [2.45, 2.75) is 0 Å². The summed E-state index contributed by atoms with van der Waals surface area (Å²) in [6.07, 6.45) is 0. The van der Waals surface area contributed by atoms with Gasteiger partial charge in [-0.25, -0.2) is 9.97 Å². The third-order valence-electron chi connectivity index (χ3n) is 2.64. The van der Waals surface area contributed by atoms with Crippen molar-refractivity contribution in [3.63, 3.8) is 0 Å². The highest BCUT2D eigenvalue weighted by molar-refractivity contribution is 7.21. The van der Waals surface area contributed by atoms with Crippen molar-refractivity contribution in [1.82, 2.24) is 9.97 Å². The summed E-state index contributed by atoms with van der Waals surface area (Å²) < 4.78 is 13.0. The average molecular weight is 259 g/mol. The van der Waals surface area contributed by atoms with Crippen LogP contribution in [-0.4, -0.2) is 17.0 Å². The molecule has 3 rings (SSSR count). The van der Waals surface area contributed by atoms with Gasteiger partial charge in [0.2, 0.25) is 5.95 Å². The van der Waals surface area contributed by atoms with E-state index in [2.05, 4.69) is 15.3 Å². The number of halogens is 1. The first-order valence-corrected chi connectivity index (χ1v) is 6.29. The molecule has 5 heteroatoms. The van der Waals surface area contributed by atoms with Crippen LogP contribution in [0.3, 0.4) is 0 Å². The second kappa shape index (κ2) is 4.34. The number of aromatic nitrogens is 2. The Kier molecular flexibility index (Phi) is 2.68. The minimum Gasteiger partial charge on any atom is -0.388 e. The molecule has 0 saturated heterocycles. The van der Waals surface area contributed by atoms with E-state index in [9.17, 15) is 4.39 Å². The molecule has 0 aliphatic rings. The molecule has 3 nitrogen and oxygen atoms in total. The van der Waals surface area contributed by atoms with Gasteiger partial charge in [-0.1, -0.05) is 11.3 Å². The van der Waals surface area contributed by atoms with E-state index < -0.39 is 5.95 Å². The van der Waals surface area contributed by atoms with Crippen molar-refractivity contribution < 1.29 is 4.39 Å². The molecule has 0 amide bonds. The Morgan fingerprint density at radius 3 is 2.56 bits per heavy atom. The van der Waals surface area contributed by atoms with Gasteiger partial charge in [-0.15, -0.1) is 0 Å². The Bertz CT molecular complexity index is 691. The fraction of sp³-hybridized carbons (Fsp3) is 0.0769. The monoisotopic (exact) mass is 259 g/mol. The van der Waals surface area contributed by atoms with Crippen LogP contribution in [0.5, 0.6) is 0 Å². The maximum absolute atomic E-state index is 13.0. The second-order valence-corrected chi connectivity index (χ2v) is 4.78. The number of hydrogen-bond donors (Lipinski definition) is 1. The van der Waals surface area contributed by atoms with Crippen LogP contribution in [0.25, 0.3) is 20.9 Å². The molecule has 0 unspecified atom stereocenters. The lowest BCUT2D eigenvalue weighted by atomic mass is 10.2. The van der Waals surface area contributed by atoms with E-state index in [0.29, 0.717) is 4.83 Å². The third-order valence-corrected chi connectivity index (χ3v) is 3.66. The van der Waals surface area contributed by atoms with Gasteiger partial charge in [0.05, 0.1) is 0 Å². The van der Waals surface area contributed by atoms with E-state index in [4.69, 9.17) is 0 Å². The molecule has 0 atom stereocenters. The van der Waals surface area contributed by atoms with Crippen LogP contribution in [0.15, 0.2) is 36.4 Å². The largest absolute Gasteiger partial charge is 0.388 e. The maximum Gasteiger partial charge on any atom is 0.214 e. The van der Waals surface area contributed by atoms with Gasteiger partial charge < -0.3 is 5.32 Å². The number of fused-ring (bicyclic) bond motifs is 1. The van der Waals surface area contributed by atoms with Crippen molar-refractivity contribution in [1.29, 1.82) is 0 Å². The number of benzene rings is 1.